The summed E-state index contributed by atoms with van der Waals surface area (Å²) in [5.74, 6) is 0.809. The number of nitrogens with two attached hydrogens (primary N) is 1. The Bertz CT molecular complexity index is 490. The lowest BCUT2D eigenvalue weighted by molar-refractivity contribution is 0.650. The van der Waals surface area contributed by atoms with Gasteiger partial charge in [-0.3, -0.25) is 0 Å². The maximum absolute atomic E-state index is 5.83. The van der Waals surface area contributed by atoms with Gasteiger partial charge in [-0.25, -0.2) is 4.98 Å². The third-order valence-corrected chi connectivity index (χ3v) is 2.42. The van der Waals surface area contributed by atoms with Crippen LogP contribution >= 0.6 is 11.6 Å². The predicted octanol–water partition coefficient (Wildman–Crippen LogP) is 1.52. The van der Waals surface area contributed by atoms with Gasteiger partial charge in [-0.15, -0.1) is 10.2 Å². The summed E-state index contributed by atoms with van der Waals surface area (Å²) in [4.78, 5) is 4.33. The second kappa shape index (κ2) is 3.75. The molecule has 0 unspecified atom stereocenters. The van der Waals surface area contributed by atoms with Gasteiger partial charge < -0.3 is 10.3 Å². The lowest BCUT2D eigenvalue weighted by Gasteiger charge is -2.07. The van der Waals surface area contributed by atoms with E-state index in [1.54, 1.807) is 6.07 Å². The Hall–Kier alpha value is -1.20. The summed E-state index contributed by atoms with van der Waals surface area (Å²) in [5, 5.41) is 8.05. The maximum Gasteiger partial charge on any atom is 0.200 e. The van der Waals surface area contributed by atoms with Crippen molar-refractivity contribution in [2.24, 2.45) is 5.73 Å². The van der Waals surface area contributed by atoms with E-state index in [-0.39, 0.29) is 6.04 Å². The average Bonchev–Trinajstić information content (AvgIpc) is 2.55. The molecule has 2 aromatic rings. The van der Waals surface area contributed by atoms with Crippen molar-refractivity contribution in [2.75, 3.05) is 0 Å². The number of rotatable bonds is 2. The molecule has 15 heavy (non-hydrogen) atoms. The lowest BCUT2D eigenvalue weighted by Crippen LogP contribution is -2.12. The number of hydrogen-bond acceptors (Lipinski definition) is 4. The average molecular weight is 226 g/mol. The summed E-state index contributed by atoms with van der Waals surface area (Å²) in [6, 6.07) is 1.63. The quantitative estimate of drug-likeness (QED) is 0.841. The van der Waals surface area contributed by atoms with Gasteiger partial charge in [0.25, 0.3) is 0 Å². The van der Waals surface area contributed by atoms with E-state index in [0.29, 0.717) is 10.8 Å². The van der Waals surface area contributed by atoms with Gasteiger partial charge in [-0.1, -0.05) is 11.6 Å². The molecule has 2 aromatic heterocycles. The van der Waals surface area contributed by atoms with Crippen molar-refractivity contribution < 1.29 is 0 Å². The van der Waals surface area contributed by atoms with Crippen LogP contribution in [0.25, 0.3) is 11.2 Å². The molecule has 6 heteroatoms. The van der Waals surface area contributed by atoms with E-state index >= 15 is 0 Å². The van der Waals surface area contributed by atoms with Crippen LogP contribution in [0, 0.1) is 0 Å². The van der Waals surface area contributed by atoms with E-state index in [1.807, 2.05) is 18.4 Å². The summed E-state index contributed by atoms with van der Waals surface area (Å²) in [7, 11) is 0. The Morgan fingerprint density at radius 2 is 2.27 bits per heavy atom. The van der Waals surface area contributed by atoms with Gasteiger partial charge in [0.2, 0.25) is 0 Å². The summed E-state index contributed by atoms with van der Waals surface area (Å²) >= 11 is 5.79. The van der Waals surface area contributed by atoms with Crippen molar-refractivity contribution in [3.63, 3.8) is 0 Å². The lowest BCUT2D eigenvalue weighted by atomic mass is 10.3. The van der Waals surface area contributed by atoms with Crippen LogP contribution in [0.2, 0.25) is 5.15 Å². The van der Waals surface area contributed by atoms with E-state index in [1.165, 1.54) is 0 Å². The van der Waals surface area contributed by atoms with E-state index < -0.39 is 0 Å². The minimum absolute atomic E-state index is 0.127. The molecule has 2 N–H and O–H groups in total. The van der Waals surface area contributed by atoms with Gasteiger partial charge in [-0.2, -0.15) is 0 Å². The number of fused-ring (bicyclic) bond motifs is 1. The van der Waals surface area contributed by atoms with Crippen molar-refractivity contribution in [2.45, 2.75) is 26.4 Å². The van der Waals surface area contributed by atoms with Gasteiger partial charge in [-0.05, 0) is 13.8 Å². The molecular formula is C9H12ClN5. The number of imidazole rings is 1. The molecule has 0 saturated carbocycles. The van der Waals surface area contributed by atoms with Gasteiger partial charge in [0.05, 0.1) is 11.6 Å². The van der Waals surface area contributed by atoms with Crippen LogP contribution in [-0.2, 0) is 6.54 Å². The van der Waals surface area contributed by atoms with Crippen LogP contribution in [0.15, 0.2) is 6.07 Å². The number of halogens is 1. The van der Waals surface area contributed by atoms with Gasteiger partial charge >= 0.3 is 0 Å². The summed E-state index contributed by atoms with van der Waals surface area (Å²) in [6.45, 7) is 4.71. The zero-order valence-corrected chi connectivity index (χ0v) is 9.36. The molecule has 2 heterocycles. The molecule has 5 nitrogen and oxygen atoms in total. The summed E-state index contributed by atoms with van der Waals surface area (Å²) in [5.41, 5.74) is 7.30. The Morgan fingerprint density at radius 3 is 2.87 bits per heavy atom. The Balaban J connectivity index is 2.74. The highest BCUT2D eigenvalue weighted by Gasteiger charge is 2.14. The molecule has 80 valence electrons. The molecular weight excluding hydrogens is 214 g/mol. The zero-order valence-electron chi connectivity index (χ0n) is 8.61. The first-order valence-corrected chi connectivity index (χ1v) is 5.16. The van der Waals surface area contributed by atoms with E-state index in [0.717, 1.165) is 17.9 Å². The molecule has 0 spiro atoms. The predicted molar refractivity (Wildman–Crippen MR) is 58.6 cm³/mol. The standard InChI is InChI=1S/C9H12ClN5/c1-3-15-6-4-7(10)13-14-8(6)12-9(15)5(2)11/h4-5H,3,11H2,1-2H3/t5-/m1/s1. The van der Waals surface area contributed by atoms with E-state index in [9.17, 15) is 0 Å². The number of aryl methyl sites for hydroxylation is 1. The van der Waals surface area contributed by atoms with Gasteiger partial charge in [0, 0.05) is 12.6 Å². The Morgan fingerprint density at radius 1 is 1.53 bits per heavy atom. The summed E-state index contributed by atoms with van der Waals surface area (Å²) in [6.07, 6.45) is 0. The molecule has 0 aliphatic carbocycles. The first-order chi connectivity index (χ1) is 7.13. The molecule has 1 atom stereocenters. The van der Waals surface area contributed by atoms with Crippen molar-refractivity contribution in [1.82, 2.24) is 19.7 Å². The van der Waals surface area contributed by atoms with Crippen LogP contribution in [-0.4, -0.2) is 19.7 Å². The monoisotopic (exact) mass is 225 g/mol. The normalized spacial score (nSPS) is 13.3. The van der Waals surface area contributed by atoms with Gasteiger partial charge in [0.15, 0.2) is 10.8 Å². The van der Waals surface area contributed by atoms with Gasteiger partial charge in [0.1, 0.15) is 5.82 Å². The smallest absolute Gasteiger partial charge is 0.200 e. The molecule has 0 radical (unpaired) electrons. The molecule has 0 saturated heterocycles. The van der Waals surface area contributed by atoms with Crippen LogP contribution in [0.1, 0.15) is 25.7 Å². The Kier molecular flexibility index (Phi) is 2.58. The minimum Gasteiger partial charge on any atom is -0.325 e. The first kappa shape index (κ1) is 10.3. The fourth-order valence-electron chi connectivity index (χ4n) is 1.60. The Labute approximate surface area is 92.3 Å². The highest BCUT2D eigenvalue weighted by Crippen LogP contribution is 2.19. The fraction of sp³-hybridized carbons (Fsp3) is 0.444. The number of nitrogens with zero attached hydrogens (tertiary/aromatic N) is 4. The van der Waals surface area contributed by atoms with Crippen molar-refractivity contribution >= 4 is 22.8 Å². The molecule has 0 fully saturated rings. The molecule has 0 aliphatic heterocycles. The highest BCUT2D eigenvalue weighted by atomic mass is 35.5. The third-order valence-electron chi connectivity index (χ3n) is 2.24. The van der Waals surface area contributed by atoms with Crippen LogP contribution in [0.3, 0.4) is 0 Å². The third kappa shape index (κ3) is 1.68. The van der Waals surface area contributed by atoms with Crippen LogP contribution in [0.5, 0.6) is 0 Å². The maximum atomic E-state index is 5.83. The van der Waals surface area contributed by atoms with Crippen LogP contribution in [0.4, 0.5) is 0 Å². The second-order valence-electron chi connectivity index (χ2n) is 3.38. The highest BCUT2D eigenvalue weighted by molar-refractivity contribution is 6.29. The van der Waals surface area contributed by atoms with Crippen LogP contribution < -0.4 is 5.73 Å². The van der Waals surface area contributed by atoms with E-state index in [4.69, 9.17) is 17.3 Å². The first-order valence-electron chi connectivity index (χ1n) is 4.78. The SMILES string of the molecule is CCn1c([C@@H](C)N)nc2nnc(Cl)cc21. The zero-order chi connectivity index (χ0) is 11.0. The summed E-state index contributed by atoms with van der Waals surface area (Å²) < 4.78 is 2.00. The second-order valence-corrected chi connectivity index (χ2v) is 3.77. The molecule has 0 amide bonds. The molecule has 2 rings (SSSR count). The minimum atomic E-state index is -0.127. The largest absolute Gasteiger partial charge is 0.325 e. The van der Waals surface area contributed by atoms with Crippen molar-refractivity contribution in [1.29, 1.82) is 0 Å². The topological polar surface area (TPSA) is 69.6 Å². The number of hydrogen-bond donors (Lipinski definition) is 1. The molecule has 0 bridgehead atoms. The van der Waals surface area contributed by atoms with Crippen molar-refractivity contribution in [3.05, 3.63) is 17.0 Å². The molecule has 0 aliphatic rings. The number of aromatic nitrogens is 4. The van der Waals surface area contributed by atoms with Crippen molar-refractivity contribution in [3.8, 4) is 0 Å². The fourth-order valence-corrected chi connectivity index (χ4v) is 1.74. The van der Waals surface area contributed by atoms with E-state index in [2.05, 4.69) is 15.2 Å². The molecule has 0 aromatic carbocycles.